The first kappa shape index (κ1) is 34.5. The molecule has 1 spiro atoms. The highest BCUT2D eigenvalue weighted by Crippen LogP contribution is 2.59. The standard InChI is InChI=1S/C40H43N5O5Si/c1-27-37(51(2,3)49)36(22-23-44-25-34(42-43-44)32(26-46)29-12-6-4-7-13-29)50-40(27)33-16-10-11-17-35(33)45(39(40)48)24-28-18-20-31(21-19-28)41-38(47)30-14-8-5-9-15-30/h4-21,25,27,32,36-37,46,49H,22-24,26H2,1-3H3,(H,41,47)/t27-,32?,36+,37-,40+/m1/s1. The molecule has 2 aliphatic rings. The highest BCUT2D eigenvalue weighted by atomic mass is 28.4. The lowest BCUT2D eigenvalue weighted by atomic mass is 9.82. The van der Waals surface area contributed by atoms with Crippen LogP contribution in [0, 0.1) is 5.92 Å². The van der Waals surface area contributed by atoms with Crippen molar-refractivity contribution in [3.8, 4) is 0 Å². The van der Waals surface area contributed by atoms with Crippen LogP contribution in [0.15, 0.2) is 115 Å². The summed E-state index contributed by atoms with van der Waals surface area (Å²) in [5.41, 5.74) is 3.93. The number of ether oxygens (including phenoxy) is 1. The van der Waals surface area contributed by atoms with E-state index in [4.69, 9.17) is 4.74 Å². The number of aliphatic hydroxyl groups excluding tert-OH is 1. The van der Waals surface area contributed by atoms with Gasteiger partial charge in [0.25, 0.3) is 11.8 Å². The number of hydrogen-bond donors (Lipinski definition) is 3. The number of aromatic nitrogens is 3. The van der Waals surface area contributed by atoms with E-state index in [1.807, 2.05) is 123 Å². The van der Waals surface area contributed by atoms with Crippen LogP contribution in [-0.4, -0.2) is 57.7 Å². The summed E-state index contributed by atoms with van der Waals surface area (Å²) < 4.78 is 8.73. The van der Waals surface area contributed by atoms with Crippen molar-refractivity contribution in [1.82, 2.24) is 15.0 Å². The zero-order chi connectivity index (χ0) is 35.8. The lowest BCUT2D eigenvalue weighted by Gasteiger charge is -2.32. The lowest BCUT2D eigenvalue weighted by Crippen LogP contribution is -2.46. The van der Waals surface area contributed by atoms with E-state index >= 15 is 0 Å². The second kappa shape index (κ2) is 14.0. The molecule has 7 rings (SSSR count). The Morgan fingerprint density at radius 3 is 2.31 bits per heavy atom. The number of carbonyl (C=O) groups excluding carboxylic acids is 2. The van der Waals surface area contributed by atoms with E-state index in [0.29, 0.717) is 36.5 Å². The Hall–Kier alpha value is -4.94. The molecule has 0 saturated carbocycles. The topological polar surface area (TPSA) is 130 Å². The fourth-order valence-corrected chi connectivity index (χ4v) is 10.6. The summed E-state index contributed by atoms with van der Waals surface area (Å²) in [4.78, 5) is 40.9. The van der Waals surface area contributed by atoms with Crippen molar-refractivity contribution >= 4 is 31.5 Å². The highest BCUT2D eigenvalue weighted by Gasteiger charge is 2.66. The van der Waals surface area contributed by atoms with Crippen LogP contribution in [0.5, 0.6) is 0 Å². The number of anilines is 2. The van der Waals surface area contributed by atoms with Gasteiger partial charge in [0.05, 0.1) is 36.6 Å². The molecule has 5 aromatic rings. The average Bonchev–Trinajstić information content (AvgIpc) is 3.79. The molecule has 10 nitrogen and oxygen atoms in total. The number of amides is 2. The van der Waals surface area contributed by atoms with Gasteiger partial charge in [0.2, 0.25) is 0 Å². The Morgan fingerprint density at radius 2 is 1.63 bits per heavy atom. The van der Waals surface area contributed by atoms with E-state index in [0.717, 1.165) is 22.4 Å². The third kappa shape index (κ3) is 6.54. The highest BCUT2D eigenvalue weighted by molar-refractivity contribution is 6.71. The molecular weight excluding hydrogens is 659 g/mol. The number of para-hydroxylation sites is 1. The third-order valence-corrected chi connectivity index (χ3v) is 12.9. The second-order valence-corrected chi connectivity index (χ2v) is 18.1. The fraction of sp³-hybridized carbons (Fsp3) is 0.300. The summed E-state index contributed by atoms with van der Waals surface area (Å²) in [5.74, 6) is -0.899. The number of nitrogens with zero attached hydrogens (tertiary/aromatic N) is 4. The predicted octanol–water partition coefficient (Wildman–Crippen LogP) is 6.09. The van der Waals surface area contributed by atoms with Gasteiger partial charge in [-0.1, -0.05) is 91.0 Å². The van der Waals surface area contributed by atoms with Gasteiger partial charge in [0, 0.05) is 41.0 Å². The fourth-order valence-electron chi connectivity index (χ4n) is 8.02. The van der Waals surface area contributed by atoms with Crippen molar-refractivity contribution in [2.24, 2.45) is 5.92 Å². The van der Waals surface area contributed by atoms with Crippen LogP contribution in [0.25, 0.3) is 0 Å². The number of rotatable bonds is 11. The summed E-state index contributed by atoms with van der Waals surface area (Å²) in [7, 11) is -2.84. The maximum atomic E-state index is 14.7. The zero-order valence-corrected chi connectivity index (χ0v) is 30.0. The maximum Gasteiger partial charge on any atom is 0.264 e. The Bertz CT molecular complexity index is 2000. The molecule has 0 radical (unpaired) electrons. The predicted molar refractivity (Wildman–Crippen MR) is 198 cm³/mol. The van der Waals surface area contributed by atoms with Gasteiger partial charge in [-0.2, -0.15) is 0 Å². The van der Waals surface area contributed by atoms with Crippen molar-refractivity contribution < 1.29 is 24.2 Å². The number of aliphatic hydroxyl groups is 1. The summed E-state index contributed by atoms with van der Waals surface area (Å²) >= 11 is 0. The van der Waals surface area contributed by atoms with Crippen LogP contribution < -0.4 is 10.2 Å². The Morgan fingerprint density at radius 1 is 0.961 bits per heavy atom. The number of fused-ring (bicyclic) bond motifs is 2. The molecule has 5 atom stereocenters. The lowest BCUT2D eigenvalue weighted by molar-refractivity contribution is -0.146. The molecule has 4 aromatic carbocycles. The number of aryl methyl sites for hydroxylation is 1. The molecule has 262 valence electrons. The van der Waals surface area contributed by atoms with Crippen molar-refractivity contribution in [3.05, 3.63) is 143 Å². The molecule has 1 saturated heterocycles. The van der Waals surface area contributed by atoms with Crippen LogP contribution in [0.4, 0.5) is 11.4 Å². The van der Waals surface area contributed by atoms with Gasteiger partial charge in [-0.25, -0.2) is 0 Å². The smallest absolute Gasteiger partial charge is 0.264 e. The van der Waals surface area contributed by atoms with Gasteiger partial charge in [-0.3, -0.25) is 14.3 Å². The number of hydrogen-bond acceptors (Lipinski definition) is 7. The molecule has 1 fully saturated rings. The molecule has 0 bridgehead atoms. The van der Waals surface area contributed by atoms with Crippen molar-refractivity contribution in [2.75, 3.05) is 16.8 Å². The number of nitrogens with one attached hydrogen (secondary N) is 1. The molecule has 2 amide bonds. The molecule has 1 aromatic heterocycles. The zero-order valence-electron chi connectivity index (χ0n) is 29.0. The quantitative estimate of drug-likeness (QED) is 0.142. The first-order valence-electron chi connectivity index (χ1n) is 17.4. The van der Waals surface area contributed by atoms with E-state index in [9.17, 15) is 19.5 Å². The average molecular weight is 702 g/mol. The minimum atomic E-state index is -2.84. The van der Waals surface area contributed by atoms with Crippen LogP contribution in [-0.2, 0) is 28.2 Å². The van der Waals surface area contributed by atoms with Gasteiger partial charge in [-0.15, -0.1) is 5.10 Å². The Kier molecular flexibility index (Phi) is 9.47. The number of carbonyl (C=O) groups is 2. The van der Waals surface area contributed by atoms with E-state index in [1.54, 1.807) is 21.7 Å². The van der Waals surface area contributed by atoms with Gasteiger partial charge >= 0.3 is 0 Å². The second-order valence-electron chi connectivity index (χ2n) is 14.1. The minimum Gasteiger partial charge on any atom is -0.432 e. The summed E-state index contributed by atoms with van der Waals surface area (Å²) in [6, 6.07) is 34.1. The molecule has 51 heavy (non-hydrogen) atoms. The van der Waals surface area contributed by atoms with E-state index in [1.165, 1.54) is 0 Å². The first-order chi connectivity index (χ1) is 24.6. The summed E-state index contributed by atoms with van der Waals surface area (Å²) in [6.07, 6.45) is 1.98. The molecule has 11 heteroatoms. The van der Waals surface area contributed by atoms with Crippen molar-refractivity contribution in [2.45, 2.75) is 62.7 Å². The minimum absolute atomic E-state index is 0.0894. The van der Waals surface area contributed by atoms with Crippen LogP contribution >= 0.6 is 0 Å². The van der Waals surface area contributed by atoms with E-state index in [2.05, 4.69) is 15.6 Å². The molecule has 0 aliphatic carbocycles. The third-order valence-electron chi connectivity index (χ3n) is 10.4. The SMILES string of the molecule is C[C@@H]1[C@@H]([Si](C)(C)O)[C@H](CCn2cc(C(CO)c3ccccc3)nn2)O[C@@]12C(=O)N(Cc1ccc(NC(=O)c3ccccc3)cc1)c1ccccc12. The molecule has 3 heterocycles. The largest absolute Gasteiger partial charge is 0.432 e. The molecular formula is C40H43N5O5Si. The van der Waals surface area contributed by atoms with Crippen LogP contribution in [0.1, 0.15) is 52.0 Å². The van der Waals surface area contributed by atoms with E-state index < -0.39 is 20.0 Å². The van der Waals surface area contributed by atoms with Crippen molar-refractivity contribution in [3.63, 3.8) is 0 Å². The van der Waals surface area contributed by atoms with Crippen molar-refractivity contribution in [1.29, 1.82) is 0 Å². The summed E-state index contributed by atoms with van der Waals surface area (Å²) in [6.45, 7) is 6.59. The normalized spacial score (nSPS) is 21.9. The Balaban J connectivity index is 1.11. The molecule has 3 N–H and O–H groups in total. The van der Waals surface area contributed by atoms with Gasteiger partial charge in [0.15, 0.2) is 13.9 Å². The first-order valence-corrected chi connectivity index (χ1v) is 20.5. The van der Waals surface area contributed by atoms with Crippen LogP contribution in [0.3, 0.4) is 0 Å². The van der Waals surface area contributed by atoms with E-state index in [-0.39, 0.29) is 35.8 Å². The van der Waals surface area contributed by atoms with Gasteiger partial charge in [0.1, 0.15) is 0 Å². The van der Waals surface area contributed by atoms with Gasteiger partial charge < -0.3 is 24.9 Å². The Labute approximate surface area is 298 Å². The van der Waals surface area contributed by atoms with Crippen LogP contribution in [0.2, 0.25) is 18.6 Å². The maximum absolute atomic E-state index is 14.7. The monoisotopic (exact) mass is 701 g/mol. The molecule has 1 unspecified atom stereocenters. The van der Waals surface area contributed by atoms with Gasteiger partial charge in [-0.05, 0) is 61.0 Å². The molecule has 2 aliphatic heterocycles. The summed E-state index contributed by atoms with van der Waals surface area (Å²) in [5, 5.41) is 21.8. The number of benzene rings is 4.